The van der Waals surface area contributed by atoms with Crippen molar-refractivity contribution in [2.45, 2.75) is 32.2 Å². The molecule has 0 saturated carbocycles. The van der Waals surface area contributed by atoms with E-state index in [9.17, 15) is 0 Å². The van der Waals surface area contributed by atoms with E-state index < -0.39 is 0 Å². The van der Waals surface area contributed by atoms with E-state index in [0.29, 0.717) is 6.04 Å². The maximum Gasteiger partial charge on any atom is 0.123 e. The maximum absolute atomic E-state index is 5.91. The van der Waals surface area contributed by atoms with E-state index >= 15 is 0 Å². The van der Waals surface area contributed by atoms with Crippen molar-refractivity contribution in [3.05, 3.63) is 18.2 Å². The Labute approximate surface area is 115 Å². The number of likely N-dealkylation sites (tertiary alicyclic amines) is 1. The van der Waals surface area contributed by atoms with Crippen molar-refractivity contribution >= 4 is 11.4 Å². The number of nitrogen functional groups attached to an aromatic ring is 1. The van der Waals surface area contributed by atoms with E-state index in [0.717, 1.165) is 36.7 Å². The van der Waals surface area contributed by atoms with Gasteiger partial charge in [-0.2, -0.15) is 0 Å². The molecule has 0 spiro atoms. The van der Waals surface area contributed by atoms with Crippen molar-refractivity contribution in [2.24, 2.45) is 0 Å². The number of nitrogens with two attached hydrogens (primary N) is 1. The molecule has 3 N–H and O–H groups in total. The Kier molecular flexibility index (Phi) is 4.91. The van der Waals surface area contributed by atoms with Gasteiger partial charge in [-0.05, 0) is 38.9 Å². The molecule has 0 aromatic heterocycles. The van der Waals surface area contributed by atoms with Crippen molar-refractivity contribution in [1.82, 2.24) is 4.90 Å². The standard InChI is InChI=1S/C15H25N3O/c1-3-7-19-15-9-12(16)8-13(10-15)17-11-14-5-4-6-18(14)2/h8-10,14,17H,3-7,11,16H2,1-2H3. The third-order valence-corrected chi connectivity index (χ3v) is 3.62. The Bertz CT molecular complexity index is 408. The molecule has 1 unspecified atom stereocenters. The van der Waals surface area contributed by atoms with Gasteiger partial charge in [-0.25, -0.2) is 0 Å². The maximum atomic E-state index is 5.91. The third kappa shape index (κ3) is 4.03. The minimum Gasteiger partial charge on any atom is -0.493 e. The molecule has 1 aliphatic rings. The fourth-order valence-corrected chi connectivity index (χ4v) is 2.50. The van der Waals surface area contributed by atoms with E-state index in [-0.39, 0.29) is 0 Å². The largest absolute Gasteiger partial charge is 0.493 e. The molecule has 2 rings (SSSR count). The number of benzene rings is 1. The van der Waals surface area contributed by atoms with Crippen LogP contribution in [0, 0.1) is 0 Å². The molecular formula is C15H25N3O. The monoisotopic (exact) mass is 263 g/mol. The van der Waals surface area contributed by atoms with Crippen molar-refractivity contribution in [2.75, 3.05) is 37.8 Å². The zero-order valence-corrected chi connectivity index (χ0v) is 12.0. The summed E-state index contributed by atoms with van der Waals surface area (Å²) in [6, 6.07) is 6.50. The summed E-state index contributed by atoms with van der Waals surface area (Å²) in [6.45, 7) is 5.00. The van der Waals surface area contributed by atoms with Crippen LogP contribution in [0.2, 0.25) is 0 Å². The summed E-state index contributed by atoms with van der Waals surface area (Å²) in [5, 5.41) is 3.47. The summed E-state index contributed by atoms with van der Waals surface area (Å²) in [5.74, 6) is 0.851. The Morgan fingerprint density at radius 1 is 1.42 bits per heavy atom. The molecule has 0 amide bonds. The van der Waals surface area contributed by atoms with Crippen LogP contribution in [0.1, 0.15) is 26.2 Å². The first kappa shape index (κ1) is 14.0. The zero-order valence-electron chi connectivity index (χ0n) is 12.0. The summed E-state index contributed by atoms with van der Waals surface area (Å²) in [6.07, 6.45) is 3.57. The van der Waals surface area contributed by atoms with Crippen LogP contribution in [0.3, 0.4) is 0 Å². The number of ether oxygens (including phenoxy) is 1. The minimum absolute atomic E-state index is 0.626. The molecule has 0 radical (unpaired) electrons. The summed E-state index contributed by atoms with van der Waals surface area (Å²) < 4.78 is 5.64. The highest BCUT2D eigenvalue weighted by atomic mass is 16.5. The number of hydrogen-bond donors (Lipinski definition) is 2. The molecule has 4 nitrogen and oxygen atoms in total. The summed E-state index contributed by atoms with van der Waals surface area (Å²) >= 11 is 0. The Morgan fingerprint density at radius 3 is 2.95 bits per heavy atom. The Hall–Kier alpha value is -1.42. The molecule has 1 saturated heterocycles. The SMILES string of the molecule is CCCOc1cc(N)cc(NCC2CCCN2C)c1. The average Bonchev–Trinajstić information content (AvgIpc) is 2.79. The van der Waals surface area contributed by atoms with Gasteiger partial charge in [0.2, 0.25) is 0 Å². The molecule has 4 heteroatoms. The van der Waals surface area contributed by atoms with Crippen molar-refractivity contribution in [1.29, 1.82) is 0 Å². The lowest BCUT2D eigenvalue weighted by atomic mass is 10.2. The van der Waals surface area contributed by atoms with Gasteiger partial charge in [0, 0.05) is 36.1 Å². The molecule has 1 aromatic carbocycles. The third-order valence-electron chi connectivity index (χ3n) is 3.62. The molecule has 0 bridgehead atoms. The van der Waals surface area contributed by atoms with Crippen LogP contribution >= 0.6 is 0 Å². The second kappa shape index (κ2) is 6.66. The second-order valence-corrected chi connectivity index (χ2v) is 5.30. The number of nitrogens with one attached hydrogen (secondary N) is 1. The first-order valence-electron chi connectivity index (χ1n) is 7.16. The topological polar surface area (TPSA) is 50.5 Å². The fraction of sp³-hybridized carbons (Fsp3) is 0.600. The molecular weight excluding hydrogens is 238 g/mol. The van der Waals surface area contributed by atoms with Crippen LogP contribution in [0.25, 0.3) is 0 Å². The highest BCUT2D eigenvalue weighted by Crippen LogP contribution is 2.23. The molecule has 1 aliphatic heterocycles. The predicted molar refractivity (Wildman–Crippen MR) is 80.8 cm³/mol. The zero-order chi connectivity index (χ0) is 13.7. The van der Waals surface area contributed by atoms with Crippen LogP contribution in [-0.2, 0) is 0 Å². The van der Waals surface area contributed by atoms with E-state index in [2.05, 4.69) is 24.2 Å². The number of hydrogen-bond acceptors (Lipinski definition) is 4. The lowest BCUT2D eigenvalue weighted by Crippen LogP contribution is -2.31. The van der Waals surface area contributed by atoms with Crippen molar-refractivity contribution < 1.29 is 4.74 Å². The van der Waals surface area contributed by atoms with Gasteiger partial charge >= 0.3 is 0 Å². The van der Waals surface area contributed by atoms with Gasteiger partial charge in [-0.1, -0.05) is 6.92 Å². The number of likely N-dealkylation sites (N-methyl/N-ethyl adjacent to an activating group) is 1. The predicted octanol–water partition coefficient (Wildman–Crippen LogP) is 2.56. The van der Waals surface area contributed by atoms with E-state index in [4.69, 9.17) is 10.5 Å². The summed E-state index contributed by atoms with van der Waals surface area (Å²) in [4.78, 5) is 2.41. The summed E-state index contributed by atoms with van der Waals surface area (Å²) in [5.41, 5.74) is 7.71. The van der Waals surface area contributed by atoms with Gasteiger partial charge in [-0.15, -0.1) is 0 Å². The fourth-order valence-electron chi connectivity index (χ4n) is 2.50. The van der Waals surface area contributed by atoms with Crippen LogP contribution in [0.4, 0.5) is 11.4 Å². The summed E-state index contributed by atoms with van der Waals surface area (Å²) in [7, 11) is 2.19. The second-order valence-electron chi connectivity index (χ2n) is 5.30. The van der Waals surface area contributed by atoms with E-state index in [1.165, 1.54) is 19.4 Å². The number of nitrogens with zero attached hydrogens (tertiary/aromatic N) is 1. The van der Waals surface area contributed by atoms with Crippen molar-refractivity contribution in [3.8, 4) is 5.75 Å². The number of anilines is 2. The first-order valence-corrected chi connectivity index (χ1v) is 7.16. The smallest absolute Gasteiger partial charge is 0.123 e. The van der Waals surface area contributed by atoms with Gasteiger partial charge < -0.3 is 20.7 Å². The Balaban J connectivity index is 1.93. The Morgan fingerprint density at radius 2 is 2.26 bits per heavy atom. The molecule has 19 heavy (non-hydrogen) atoms. The van der Waals surface area contributed by atoms with Gasteiger partial charge in [0.05, 0.1) is 6.61 Å². The van der Waals surface area contributed by atoms with Gasteiger partial charge in [0.15, 0.2) is 0 Å². The van der Waals surface area contributed by atoms with E-state index in [1.54, 1.807) is 0 Å². The van der Waals surface area contributed by atoms with Crippen LogP contribution in [0.5, 0.6) is 5.75 Å². The molecule has 1 fully saturated rings. The highest BCUT2D eigenvalue weighted by Gasteiger charge is 2.20. The van der Waals surface area contributed by atoms with Gasteiger partial charge in [0.1, 0.15) is 5.75 Å². The normalized spacial score (nSPS) is 19.6. The quantitative estimate of drug-likeness (QED) is 0.775. The van der Waals surface area contributed by atoms with Crippen molar-refractivity contribution in [3.63, 3.8) is 0 Å². The van der Waals surface area contributed by atoms with Crippen LogP contribution in [0.15, 0.2) is 18.2 Å². The molecule has 1 atom stereocenters. The highest BCUT2D eigenvalue weighted by molar-refractivity contribution is 5.59. The first-order chi connectivity index (χ1) is 9.19. The van der Waals surface area contributed by atoms with Crippen LogP contribution < -0.4 is 15.8 Å². The van der Waals surface area contributed by atoms with Crippen LogP contribution in [-0.4, -0.2) is 37.7 Å². The molecule has 1 heterocycles. The lowest BCUT2D eigenvalue weighted by molar-refractivity contribution is 0.317. The minimum atomic E-state index is 0.626. The molecule has 0 aliphatic carbocycles. The molecule has 106 valence electrons. The van der Waals surface area contributed by atoms with Gasteiger partial charge in [0.25, 0.3) is 0 Å². The lowest BCUT2D eigenvalue weighted by Gasteiger charge is -2.20. The number of rotatable bonds is 6. The molecule has 1 aromatic rings. The average molecular weight is 263 g/mol. The van der Waals surface area contributed by atoms with Gasteiger partial charge in [-0.3, -0.25) is 0 Å². The van der Waals surface area contributed by atoms with E-state index in [1.807, 2.05) is 18.2 Å².